The fraction of sp³-hybridized carbons (Fsp3) is 0.533. The van der Waals surface area contributed by atoms with Crippen LogP contribution in [0.1, 0.15) is 38.8 Å². The van der Waals surface area contributed by atoms with E-state index in [4.69, 9.17) is 11.1 Å². The maximum absolute atomic E-state index is 7.46. The molecule has 0 radical (unpaired) electrons. The molecular formula is C15H25N3. The number of benzene rings is 1. The van der Waals surface area contributed by atoms with Gasteiger partial charge in [-0.25, -0.2) is 0 Å². The highest BCUT2D eigenvalue weighted by Gasteiger charge is 2.24. The number of nitrogens with zero attached hydrogens (tertiary/aromatic N) is 1. The predicted octanol–water partition coefficient (Wildman–Crippen LogP) is 3.15. The summed E-state index contributed by atoms with van der Waals surface area (Å²) in [5.74, 6) is 0.121. The average molecular weight is 247 g/mol. The number of nitrogens with two attached hydrogens (primary N) is 1. The van der Waals surface area contributed by atoms with E-state index in [9.17, 15) is 0 Å². The molecule has 0 aliphatic heterocycles. The third kappa shape index (κ3) is 3.03. The minimum Gasteiger partial charge on any atom is -0.384 e. The Morgan fingerprint density at radius 1 is 1.33 bits per heavy atom. The van der Waals surface area contributed by atoms with Gasteiger partial charge in [0.1, 0.15) is 5.84 Å². The lowest BCUT2D eigenvalue weighted by atomic mass is 9.86. The molecule has 1 atom stereocenters. The van der Waals surface area contributed by atoms with E-state index in [1.165, 1.54) is 5.69 Å². The minimum absolute atomic E-state index is 0.121. The Hall–Kier alpha value is -1.51. The van der Waals surface area contributed by atoms with Gasteiger partial charge in [0.2, 0.25) is 0 Å². The molecule has 1 rings (SSSR count). The van der Waals surface area contributed by atoms with Gasteiger partial charge >= 0.3 is 0 Å². The number of hydrogen-bond acceptors (Lipinski definition) is 2. The zero-order chi connectivity index (χ0) is 14.1. The first-order chi connectivity index (χ1) is 8.14. The van der Waals surface area contributed by atoms with Crippen LogP contribution in [0.4, 0.5) is 5.69 Å². The summed E-state index contributed by atoms with van der Waals surface area (Å²) in [5.41, 5.74) is 8.87. The monoisotopic (exact) mass is 247 g/mol. The summed E-state index contributed by atoms with van der Waals surface area (Å²) in [7, 11) is 2.12. The van der Waals surface area contributed by atoms with Crippen molar-refractivity contribution in [1.29, 1.82) is 5.41 Å². The van der Waals surface area contributed by atoms with Crippen molar-refractivity contribution in [3.8, 4) is 0 Å². The Kier molecular flexibility index (Phi) is 4.05. The molecule has 0 saturated heterocycles. The zero-order valence-electron chi connectivity index (χ0n) is 12.3. The van der Waals surface area contributed by atoms with Crippen molar-refractivity contribution in [2.45, 2.75) is 40.7 Å². The first-order valence-electron chi connectivity index (χ1n) is 6.32. The Morgan fingerprint density at radius 3 is 2.28 bits per heavy atom. The molecule has 0 spiro atoms. The molecule has 3 heteroatoms. The zero-order valence-corrected chi connectivity index (χ0v) is 12.3. The quantitative estimate of drug-likeness (QED) is 0.637. The van der Waals surface area contributed by atoms with Crippen LogP contribution in [0, 0.1) is 17.7 Å². The van der Waals surface area contributed by atoms with Crippen molar-refractivity contribution in [1.82, 2.24) is 0 Å². The minimum atomic E-state index is 0.121. The molecule has 0 bridgehead atoms. The van der Waals surface area contributed by atoms with E-state index >= 15 is 0 Å². The van der Waals surface area contributed by atoms with Crippen molar-refractivity contribution >= 4 is 11.5 Å². The second-order valence-corrected chi connectivity index (χ2v) is 6.07. The predicted molar refractivity (Wildman–Crippen MR) is 79.5 cm³/mol. The number of anilines is 1. The number of rotatable bonds is 3. The first-order valence-corrected chi connectivity index (χ1v) is 6.32. The van der Waals surface area contributed by atoms with Crippen LogP contribution in [-0.4, -0.2) is 18.9 Å². The summed E-state index contributed by atoms with van der Waals surface area (Å²) in [6.07, 6.45) is 0. The Labute approximate surface area is 111 Å². The molecule has 0 aliphatic rings. The molecular weight excluding hydrogens is 222 g/mol. The smallest absolute Gasteiger partial charge is 0.122 e. The van der Waals surface area contributed by atoms with Crippen LogP contribution in [-0.2, 0) is 0 Å². The van der Waals surface area contributed by atoms with E-state index < -0.39 is 0 Å². The van der Waals surface area contributed by atoms with Gasteiger partial charge in [0, 0.05) is 24.3 Å². The van der Waals surface area contributed by atoms with Gasteiger partial charge in [-0.15, -0.1) is 0 Å². The molecule has 0 aromatic heterocycles. The van der Waals surface area contributed by atoms with Crippen molar-refractivity contribution in [2.75, 3.05) is 11.9 Å². The molecule has 0 fully saturated rings. The van der Waals surface area contributed by atoms with Crippen LogP contribution < -0.4 is 10.6 Å². The molecule has 0 saturated carbocycles. The van der Waals surface area contributed by atoms with Gasteiger partial charge in [0.15, 0.2) is 0 Å². The highest BCUT2D eigenvalue weighted by atomic mass is 15.1. The van der Waals surface area contributed by atoms with Gasteiger partial charge in [0.05, 0.1) is 0 Å². The van der Waals surface area contributed by atoms with Gasteiger partial charge < -0.3 is 10.6 Å². The standard InChI is InChI=1S/C15H25N3/c1-10-9-12(14(16)17)7-8-13(10)18(6)11(2)15(3,4)5/h7-9,11H,1-6H3,(H3,16,17). The van der Waals surface area contributed by atoms with Crippen LogP contribution in [0.15, 0.2) is 18.2 Å². The molecule has 0 amide bonds. The summed E-state index contributed by atoms with van der Waals surface area (Å²) in [4.78, 5) is 2.29. The van der Waals surface area contributed by atoms with Gasteiger partial charge in [-0.05, 0) is 43.0 Å². The van der Waals surface area contributed by atoms with Gasteiger partial charge in [-0.3, -0.25) is 5.41 Å². The van der Waals surface area contributed by atoms with E-state index in [0.717, 1.165) is 11.1 Å². The molecule has 100 valence electrons. The van der Waals surface area contributed by atoms with Crippen molar-refractivity contribution in [3.63, 3.8) is 0 Å². The van der Waals surface area contributed by atoms with Crippen LogP contribution >= 0.6 is 0 Å². The summed E-state index contributed by atoms with van der Waals surface area (Å²) >= 11 is 0. The third-order valence-corrected chi connectivity index (χ3v) is 3.72. The Bertz CT molecular complexity index is 444. The summed E-state index contributed by atoms with van der Waals surface area (Å²) in [5, 5.41) is 7.46. The SMILES string of the molecule is Cc1cc(C(=N)N)ccc1N(C)C(C)C(C)(C)C. The molecule has 18 heavy (non-hydrogen) atoms. The van der Waals surface area contributed by atoms with Crippen molar-refractivity contribution < 1.29 is 0 Å². The molecule has 3 nitrogen and oxygen atoms in total. The Balaban J connectivity index is 3.08. The molecule has 0 heterocycles. The second kappa shape index (κ2) is 5.01. The maximum atomic E-state index is 7.46. The largest absolute Gasteiger partial charge is 0.384 e. The normalized spacial score (nSPS) is 13.2. The number of aryl methyl sites for hydroxylation is 1. The van der Waals surface area contributed by atoms with Crippen LogP contribution in [0.25, 0.3) is 0 Å². The van der Waals surface area contributed by atoms with Crippen LogP contribution in [0.5, 0.6) is 0 Å². The van der Waals surface area contributed by atoms with Crippen molar-refractivity contribution in [3.05, 3.63) is 29.3 Å². The van der Waals surface area contributed by atoms with E-state index in [1.807, 2.05) is 18.2 Å². The van der Waals surface area contributed by atoms with E-state index in [1.54, 1.807) is 0 Å². The molecule has 1 unspecified atom stereocenters. The summed E-state index contributed by atoms with van der Waals surface area (Å²) in [6.45, 7) is 11.0. The summed E-state index contributed by atoms with van der Waals surface area (Å²) in [6, 6.07) is 6.37. The van der Waals surface area contributed by atoms with E-state index in [2.05, 4.69) is 46.6 Å². The fourth-order valence-electron chi connectivity index (χ4n) is 2.01. The number of hydrogen-bond donors (Lipinski definition) is 2. The number of amidine groups is 1. The van der Waals surface area contributed by atoms with Crippen molar-refractivity contribution in [2.24, 2.45) is 11.1 Å². The lowest BCUT2D eigenvalue weighted by Crippen LogP contribution is -2.39. The Morgan fingerprint density at radius 2 is 1.89 bits per heavy atom. The van der Waals surface area contributed by atoms with Crippen LogP contribution in [0.2, 0.25) is 0 Å². The van der Waals surface area contributed by atoms with Gasteiger partial charge in [0.25, 0.3) is 0 Å². The van der Waals surface area contributed by atoms with E-state index in [0.29, 0.717) is 6.04 Å². The average Bonchev–Trinajstić information content (AvgIpc) is 2.25. The molecule has 0 aliphatic carbocycles. The van der Waals surface area contributed by atoms with Gasteiger partial charge in [-0.1, -0.05) is 20.8 Å². The van der Waals surface area contributed by atoms with Gasteiger partial charge in [-0.2, -0.15) is 0 Å². The molecule has 1 aromatic rings. The highest BCUT2D eigenvalue weighted by molar-refractivity contribution is 5.95. The second-order valence-electron chi connectivity index (χ2n) is 6.07. The third-order valence-electron chi connectivity index (χ3n) is 3.72. The number of nitrogen functional groups attached to an aromatic ring is 1. The fourth-order valence-corrected chi connectivity index (χ4v) is 2.01. The van der Waals surface area contributed by atoms with E-state index in [-0.39, 0.29) is 11.3 Å². The molecule has 3 N–H and O–H groups in total. The lowest BCUT2D eigenvalue weighted by Gasteiger charge is -2.37. The molecule has 1 aromatic carbocycles. The van der Waals surface area contributed by atoms with Crippen LogP contribution in [0.3, 0.4) is 0 Å². The maximum Gasteiger partial charge on any atom is 0.122 e. The first kappa shape index (κ1) is 14.6. The topological polar surface area (TPSA) is 53.1 Å². The summed E-state index contributed by atoms with van der Waals surface area (Å²) < 4.78 is 0. The number of nitrogens with one attached hydrogen (secondary N) is 1. The highest BCUT2D eigenvalue weighted by Crippen LogP contribution is 2.29. The lowest BCUT2D eigenvalue weighted by molar-refractivity contribution is 0.329.